The van der Waals surface area contributed by atoms with Gasteiger partial charge in [-0.2, -0.15) is 5.10 Å². The number of nitro groups is 1. The van der Waals surface area contributed by atoms with Gasteiger partial charge in [-0.05, 0) is 43.3 Å². The molecule has 0 atom stereocenters. The zero-order valence-electron chi connectivity index (χ0n) is 15.3. The molecule has 156 valence electrons. The van der Waals surface area contributed by atoms with E-state index in [0.29, 0.717) is 5.69 Å². The Kier molecular flexibility index (Phi) is 5.94. The molecule has 3 rings (SSSR count). The Morgan fingerprint density at radius 1 is 1.20 bits per heavy atom. The molecular formula is C16H14ClN7O5S. The maximum Gasteiger partial charge on any atom is 0.309 e. The maximum absolute atomic E-state index is 12.4. The lowest BCUT2D eigenvalue weighted by atomic mass is 10.3. The summed E-state index contributed by atoms with van der Waals surface area (Å²) < 4.78 is 28.2. The van der Waals surface area contributed by atoms with E-state index in [0.717, 1.165) is 10.9 Å². The van der Waals surface area contributed by atoms with E-state index < -0.39 is 20.9 Å². The highest BCUT2D eigenvalue weighted by molar-refractivity contribution is 7.92. The second kappa shape index (κ2) is 8.42. The molecule has 0 aliphatic carbocycles. The number of halogens is 1. The monoisotopic (exact) mass is 451 g/mol. The lowest BCUT2D eigenvalue weighted by molar-refractivity contribution is -0.385. The fourth-order valence-corrected chi connectivity index (χ4v) is 3.50. The van der Waals surface area contributed by atoms with E-state index in [-0.39, 0.29) is 33.8 Å². The summed E-state index contributed by atoms with van der Waals surface area (Å²) in [6.07, 6.45) is 1.16. The van der Waals surface area contributed by atoms with Gasteiger partial charge in [-0.3, -0.25) is 24.3 Å². The Bertz CT molecular complexity index is 1190. The third kappa shape index (κ3) is 5.07. The number of aromatic nitrogens is 4. The topological polar surface area (TPSA) is 162 Å². The summed E-state index contributed by atoms with van der Waals surface area (Å²) in [6.45, 7) is 1.22. The van der Waals surface area contributed by atoms with Gasteiger partial charge in [0.1, 0.15) is 18.4 Å². The molecule has 0 radical (unpaired) electrons. The van der Waals surface area contributed by atoms with Gasteiger partial charge >= 0.3 is 5.69 Å². The largest absolute Gasteiger partial charge is 0.324 e. The maximum atomic E-state index is 12.4. The summed E-state index contributed by atoms with van der Waals surface area (Å²) in [5.74, 6) is -0.488. The molecule has 2 heterocycles. The quantitative estimate of drug-likeness (QED) is 0.407. The first-order chi connectivity index (χ1) is 14.1. The van der Waals surface area contributed by atoms with Crippen molar-refractivity contribution >= 4 is 44.7 Å². The van der Waals surface area contributed by atoms with E-state index in [4.69, 9.17) is 11.6 Å². The van der Waals surface area contributed by atoms with Crippen LogP contribution in [0.5, 0.6) is 0 Å². The molecule has 1 amide bonds. The van der Waals surface area contributed by atoms with Crippen molar-refractivity contribution in [2.75, 3.05) is 10.0 Å². The Morgan fingerprint density at radius 3 is 2.47 bits per heavy atom. The third-order valence-corrected chi connectivity index (χ3v) is 5.31. The van der Waals surface area contributed by atoms with E-state index in [9.17, 15) is 23.3 Å². The van der Waals surface area contributed by atoms with Crippen molar-refractivity contribution < 1.29 is 18.1 Å². The molecule has 3 aromatic rings. The molecule has 0 aliphatic heterocycles. The summed E-state index contributed by atoms with van der Waals surface area (Å²) in [6, 6.07) is 8.14. The number of carbonyl (C=O) groups is 1. The van der Waals surface area contributed by atoms with Gasteiger partial charge in [0.05, 0.1) is 9.82 Å². The lowest BCUT2D eigenvalue weighted by Crippen LogP contribution is -2.19. The number of carbonyl (C=O) groups excluding carboxylic acids is 1. The molecule has 0 saturated carbocycles. The highest BCUT2D eigenvalue weighted by atomic mass is 35.5. The number of hydrogen-bond donors (Lipinski definition) is 2. The molecule has 2 N–H and O–H groups in total. The molecule has 0 spiro atoms. The standard InChI is InChI=1S/C16H14ClN7O5S/c1-10-13(24(26)27)8-23(21-10)9-16(25)18-11-2-4-12(5-3-11)30(28,29)22-15-7-6-14(17)19-20-15/h2-8H,9H2,1H3,(H,18,25)(H,20,22). The number of anilines is 2. The fourth-order valence-electron chi connectivity index (χ4n) is 2.40. The van der Waals surface area contributed by atoms with Gasteiger partial charge in [-0.15, -0.1) is 10.2 Å². The molecule has 30 heavy (non-hydrogen) atoms. The molecule has 2 aromatic heterocycles. The van der Waals surface area contributed by atoms with Crippen molar-refractivity contribution in [1.82, 2.24) is 20.0 Å². The van der Waals surface area contributed by atoms with Crippen LogP contribution in [0.4, 0.5) is 17.2 Å². The highest BCUT2D eigenvalue weighted by Gasteiger charge is 2.18. The van der Waals surface area contributed by atoms with Crippen LogP contribution < -0.4 is 10.0 Å². The van der Waals surface area contributed by atoms with Crippen molar-refractivity contribution in [1.29, 1.82) is 0 Å². The Hall–Kier alpha value is -3.58. The first kappa shape index (κ1) is 21.1. The van der Waals surface area contributed by atoms with Crippen LogP contribution >= 0.6 is 11.6 Å². The number of benzene rings is 1. The number of hydrogen-bond acceptors (Lipinski definition) is 8. The Labute approximate surface area is 175 Å². The predicted octanol–water partition coefficient (Wildman–Crippen LogP) is 1.98. The van der Waals surface area contributed by atoms with Gasteiger partial charge in [-0.25, -0.2) is 8.42 Å². The Balaban J connectivity index is 1.65. The first-order valence-electron chi connectivity index (χ1n) is 8.24. The molecular weight excluding hydrogens is 438 g/mol. The number of nitrogens with zero attached hydrogens (tertiary/aromatic N) is 5. The zero-order valence-corrected chi connectivity index (χ0v) is 16.9. The molecule has 0 aliphatic rings. The van der Waals surface area contributed by atoms with Crippen molar-refractivity contribution in [3.05, 3.63) is 63.6 Å². The summed E-state index contributed by atoms with van der Waals surface area (Å²) >= 11 is 5.61. The van der Waals surface area contributed by atoms with Crippen LogP contribution in [0, 0.1) is 17.0 Å². The van der Waals surface area contributed by atoms with Gasteiger partial charge in [0.2, 0.25) is 5.91 Å². The zero-order chi connectivity index (χ0) is 21.9. The molecule has 0 bridgehead atoms. The normalized spacial score (nSPS) is 11.1. The molecule has 14 heteroatoms. The smallest absolute Gasteiger partial charge is 0.309 e. The van der Waals surface area contributed by atoms with E-state index in [1.807, 2.05) is 0 Å². The predicted molar refractivity (Wildman–Crippen MR) is 107 cm³/mol. The highest BCUT2D eigenvalue weighted by Crippen LogP contribution is 2.18. The fraction of sp³-hybridized carbons (Fsp3) is 0.125. The van der Waals surface area contributed by atoms with Crippen molar-refractivity contribution in [3.63, 3.8) is 0 Å². The summed E-state index contributed by atoms with van der Waals surface area (Å²) in [5.41, 5.74) is 0.346. The minimum Gasteiger partial charge on any atom is -0.324 e. The van der Waals surface area contributed by atoms with Crippen molar-refractivity contribution in [2.24, 2.45) is 0 Å². The first-order valence-corrected chi connectivity index (χ1v) is 10.1. The van der Waals surface area contributed by atoms with Crippen LogP contribution in [0.15, 0.2) is 47.5 Å². The van der Waals surface area contributed by atoms with Gasteiger partial charge in [0.25, 0.3) is 10.0 Å². The number of sulfonamides is 1. The number of aryl methyl sites for hydroxylation is 1. The van der Waals surface area contributed by atoms with Crippen LogP contribution in [0.2, 0.25) is 5.15 Å². The van der Waals surface area contributed by atoms with Crippen LogP contribution in [0.3, 0.4) is 0 Å². The molecule has 0 fully saturated rings. The van der Waals surface area contributed by atoms with Crippen LogP contribution in [-0.4, -0.2) is 39.2 Å². The number of nitrogens with one attached hydrogen (secondary N) is 2. The summed E-state index contributed by atoms with van der Waals surface area (Å²) in [4.78, 5) is 22.3. The SMILES string of the molecule is Cc1nn(CC(=O)Nc2ccc(S(=O)(=O)Nc3ccc(Cl)nn3)cc2)cc1[N+](=O)[O-]. The van der Waals surface area contributed by atoms with Gasteiger partial charge < -0.3 is 5.32 Å². The molecule has 0 saturated heterocycles. The number of rotatable bonds is 7. The van der Waals surface area contributed by atoms with Crippen LogP contribution in [0.1, 0.15) is 5.69 Å². The average molecular weight is 452 g/mol. The second-order valence-corrected chi connectivity index (χ2v) is 8.04. The average Bonchev–Trinajstić information content (AvgIpc) is 3.04. The third-order valence-electron chi connectivity index (χ3n) is 3.74. The summed E-state index contributed by atoms with van der Waals surface area (Å²) in [7, 11) is -3.92. The van der Waals surface area contributed by atoms with Gasteiger partial charge in [0, 0.05) is 5.69 Å². The van der Waals surface area contributed by atoms with E-state index in [1.165, 1.54) is 43.3 Å². The van der Waals surface area contributed by atoms with Crippen molar-refractivity contribution in [2.45, 2.75) is 18.4 Å². The van der Waals surface area contributed by atoms with E-state index >= 15 is 0 Å². The molecule has 0 unspecified atom stereocenters. The van der Waals surface area contributed by atoms with E-state index in [1.54, 1.807) is 0 Å². The van der Waals surface area contributed by atoms with Crippen LogP contribution in [-0.2, 0) is 21.4 Å². The van der Waals surface area contributed by atoms with Gasteiger partial charge in [-0.1, -0.05) is 11.6 Å². The Morgan fingerprint density at radius 2 is 1.90 bits per heavy atom. The second-order valence-electron chi connectivity index (χ2n) is 5.97. The van der Waals surface area contributed by atoms with E-state index in [2.05, 4.69) is 25.3 Å². The van der Waals surface area contributed by atoms with Crippen LogP contribution in [0.25, 0.3) is 0 Å². The minimum absolute atomic E-state index is 0.000360. The lowest BCUT2D eigenvalue weighted by Gasteiger charge is -2.09. The van der Waals surface area contributed by atoms with Gasteiger partial charge in [0.15, 0.2) is 11.0 Å². The number of amides is 1. The minimum atomic E-state index is -3.92. The molecule has 1 aromatic carbocycles. The molecule has 12 nitrogen and oxygen atoms in total. The van der Waals surface area contributed by atoms with Crippen molar-refractivity contribution in [3.8, 4) is 0 Å². The summed E-state index contributed by atoms with van der Waals surface area (Å²) in [5, 5.41) is 24.6.